The predicted molar refractivity (Wildman–Crippen MR) is 112 cm³/mol. The van der Waals surface area contributed by atoms with Crippen LogP contribution in [0.1, 0.15) is 28.8 Å². The first kappa shape index (κ1) is 18.7. The minimum absolute atomic E-state index is 0.0544. The van der Waals surface area contributed by atoms with E-state index in [2.05, 4.69) is 5.32 Å². The van der Waals surface area contributed by atoms with E-state index in [1.54, 1.807) is 39.9 Å². The third-order valence-corrected chi connectivity index (χ3v) is 4.96. The highest BCUT2D eigenvalue weighted by Crippen LogP contribution is 2.23. The Morgan fingerprint density at radius 1 is 0.966 bits per heavy atom. The number of nitrogens with one attached hydrogen (secondary N) is 1. The molecule has 4 rings (SSSR count). The Morgan fingerprint density at radius 3 is 2.52 bits per heavy atom. The third kappa shape index (κ3) is 4.27. The average Bonchev–Trinajstić information content (AvgIpc) is 3.17. The summed E-state index contributed by atoms with van der Waals surface area (Å²) in [4.78, 5) is 38.1. The maximum absolute atomic E-state index is 12.6. The van der Waals surface area contributed by atoms with Crippen molar-refractivity contribution in [3.05, 3.63) is 94.4 Å². The minimum atomic E-state index is -0.231. The Bertz CT molecular complexity index is 1100. The molecule has 2 aromatic carbocycles. The number of anilines is 2. The number of benzene rings is 2. The van der Waals surface area contributed by atoms with Crippen LogP contribution in [0.3, 0.4) is 0 Å². The molecule has 146 valence electrons. The first-order valence-electron chi connectivity index (χ1n) is 9.56. The Labute approximate surface area is 168 Å². The smallest absolute Gasteiger partial charge is 0.255 e. The van der Waals surface area contributed by atoms with E-state index < -0.39 is 0 Å². The van der Waals surface area contributed by atoms with Gasteiger partial charge in [-0.15, -0.1) is 0 Å². The van der Waals surface area contributed by atoms with Gasteiger partial charge in [0, 0.05) is 42.2 Å². The second-order valence-electron chi connectivity index (χ2n) is 7.02. The minimum Gasteiger partial charge on any atom is -0.322 e. The zero-order chi connectivity index (χ0) is 20.2. The van der Waals surface area contributed by atoms with Gasteiger partial charge in [-0.2, -0.15) is 0 Å². The SMILES string of the molecule is O=C(Nc1ccc(Cn2ccccc2=O)cc1)c1cccc(N2CCCC2=O)c1. The topological polar surface area (TPSA) is 71.4 Å². The van der Waals surface area contributed by atoms with Crippen molar-refractivity contribution in [1.82, 2.24) is 4.57 Å². The van der Waals surface area contributed by atoms with Gasteiger partial charge in [-0.05, 0) is 48.4 Å². The van der Waals surface area contributed by atoms with Gasteiger partial charge in [0.25, 0.3) is 11.5 Å². The van der Waals surface area contributed by atoms with Crippen LogP contribution in [0, 0.1) is 0 Å². The van der Waals surface area contributed by atoms with Gasteiger partial charge in [-0.3, -0.25) is 14.4 Å². The van der Waals surface area contributed by atoms with Gasteiger partial charge in [0.05, 0.1) is 6.54 Å². The van der Waals surface area contributed by atoms with E-state index in [9.17, 15) is 14.4 Å². The molecule has 0 saturated carbocycles. The molecule has 0 unspecified atom stereocenters. The highest BCUT2D eigenvalue weighted by atomic mass is 16.2. The summed E-state index contributed by atoms with van der Waals surface area (Å²) in [7, 11) is 0. The van der Waals surface area contributed by atoms with Crippen LogP contribution in [0.4, 0.5) is 11.4 Å². The standard InChI is InChI=1S/C23H21N3O3/c27-21-7-1-2-13-25(21)16-17-9-11-19(12-10-17)24-23(29)18-5-3-6-20(15-18)26-14-4-8-22(26)28/h1-3,5-7,9-13,15H,4,8,14,16H2,(H,24,29). The molecule has 3 aromatic rings. The van der Waals surface area contributed by atoms with E-state index in [-0.39, 0.29) is 17.4 Å². The summed E-state index contributed by atoms with van der Waals surface area (Å²) < 4.78 is 1.62. The molecule has 1 aliphatic heterocycles. The summed E-state index contributed by atoms with van der Waals surface area (Å²) in [6.07, 6.45) is 3.14. The molecule has 1 N–H and O–H groups in total. The fourth-order valence-electron chi connectivity index (χ4n) is 3.42. The van der Waals surface area contributed by atoms with Crippen molar-refractivity contribution >= 4 is 23.2 Å². The van der Waals surface area contributed by atoms with Crippen LogP contribution >= 0.6 is 0 Å². The molecule has 2 heterocycles. The molecule has 1 aromatic heterocycles. The average molecular weight is 387 g/mol. The number of rotatable bonds is 5. The molecule has 1 aliphatic rings. The highest BCUT2D eigenvalue weighted by molar-refractivity contribution is 6.05. The van der Waals surface area contributed by atoms with E-state index >= 15 is 0 Å². The monoisotopic (exact) mass is 387 g/mol. The van der Waals surface area contributed by atoms with Crippen LogP contribution in [0.25, 0.3) is 0 Å². The zero-order valence-corrected chi connectivity index (χ0v) is 15.9. The maximum atomic E-state index is 12.6. The van der Waals surface area contributed by atoms with Gasteiger partial charge in [-0.25, -0.2) is 0 Å². The lowest BCUT2D eigenvalue weighted by Crippen LogP contribution is -2.24. The number of carbonyl (C=O) groups excluding carboxylic acids is 2. The lowest BCUT2D eigenvalue weighted by Gasteiger charge is -2.16. The Morgan fingerprint density at radius 2 is 1.79 bits per heavy atom. The maximum Gasteiger partial charge on any atom is 0.255 e. The quantitative estimate of drug-likeness (QED) is 0.730. The number of nitrogens with zero attached hydrogens (tertiary/aromatic N) is 2. The first-order valence-corrected chi connectivity index (χ1v) is 9.56. The second kappa shape index (κ2) is 8.14. The van der Waals surface area contributed by atoms with Crippen LogP contribution in [0.15, 0.2) is 77.7 Å². The molecule has 0 aliphatic carbocycles. The summed E-state index contributed by atoms with van der Waals surface area (Å²) in [5.41, 5.74) is 2.83. The van der Waals surface area contributed by atoms with Gasteiger partial charge in [0.15, 0.2) is 0 Å². The first-order chi connectivity index (χ1) is 14.1. The van der Waals surface area contributed by atoms with Crippen molar-refractivity contribution in [1.29, 1.82) is 0 Å². The number of carbonyl (C=O) groups is 2. The van der Waals surface area contributed by atoms with Crippen LogP contribution in [-0.4, -0.2) is 22.9 Å². The molecule has 1 saturated heterocycles. The van der Waals surface area contributed by atoms with E-state index in [1.165, 1.54) is 6.07 Å². The van der Waals surface area contributed by atoms with E-state index in [1.807, 2.05) is 36.4 Å². The van der Waals surface area contributed by atoms with Crippen LogP contribution < -0.4 is 15.8 Å². The molecule has 0 radical (unpaired) electrons. The fourth-order valence-corrected chi connectivity index (χ4v) is 3.42. The molecule has 6 nitrogen and oxygen atoms in total. The Hall–Kier alpha value is -3.67. The Kier molecular flexibility index (Phi) is 5.24. The summed E-state index contributed by atoms with van der Waals surface area (Å²) in [5.74, 6) is -0.138. The van der Waals surface area contributed by atoms with Crippen molar-refractivity contribution in [3.63, 3.8) is 0 Å². The number of hydrogen-bond donors (Lipinski definition) is 1. The summed E-state index contributed by atoms with van der Waals surface area (Å²) in [5, 5.41) is 2.88. The van der Waals surface area contributed by atoms with Crippen molar-refractivity contribution in [2.75, 3.05) is 16.8 Å². The van der Waals surface area contributed by atoms with Crippen molar-refractivity contribution in [2.45, 2.75) is 19.4 Å². The molecule has 2 amide bonds. The summed E-state index contributed by atoms with van der Waals surface area (Å²) in [6.45, 7) is 1.16. The number of hydrogen-bond acceptors (Lipinski definition) is 3. The van der Waals surface area contributed by atoms with Crippen LogP contribution in [0.2, 0.25) is 0 Å². The summed E-state index contributed by atoms with van der Waals surface area (Å²) in [6, 6.07) is 19.6. The molecule has 29 heavy (non-hydrogen) atoms. The van der Waals surface area contributed by atoms with Gasteiger partial charge in [-0.1, -0.05) is 24.3 Å². The largest absolute Gasteiger partial charge is 0.322 e. The highest BCUT2D eigenvalue weighted by Gasteiger charge is 2.22. The van der Waals surface area contributed by atoms with Crippen LogP contribution in [-0.2, 0) is 11.3 Å². The molecule has 6 heteroatoms. The van der Waals surface area contributed by atoms with E-state index in [4.69, 9.17) is 0 Å². The van der Waals surface area contributed by atoms with Crippen molar-refractivity contribution in [3.8, 4) is 0 Å². The third-order valence-electron chi connectivity index (χ3n) is 4.96. The molecule has 0 spiro atoms. The van der Waals surface area contributed by atoms with Crippen LogP contribution in [0.5, 0.6) is 0 Å². The lowest BCUT2D eigenvalue weighted by atomic mass is 10.1. The van der Waals surface area contributed by atoms with Gasteiger partial charge >= 0.3 is 0 Å². The Balaban J connectivity index is 1.44. The lowest BCUT2D eigenvalue weighted by molar-refractivity contribution is -0.117. The number of aromatic nitrogens is 1. The van der Waals surface area contributed by atoms with Crippen molar-refractivity contribution in [2.24, 2.45) is 0 Å². The van der Waals surface area contributed by atoms with E-state index in [0.29, 0.717) is 30.8 Å². The molecule has 1 fully saturated rings. The zero-order valence-electron chi connectivity index (χ0n) is 15.9. The number of amides is 2. The van der Waals surface area contributed by atoms with Gasteiger partial charge in [0.1, 0.15) is 0 Å². The van der Waals surface area contributed by atoms with Gasteiger partial charge < -0.3 is 14.8 Å². The molecule has 0 bridgehead atoms. The number of pyridine rings is 1. The molecular formula is C23H21N3O3. The molecular weight excluding hydrogens is 366 g/mol. The second-order valence-corrected chi connectivity index (χ2v) is 7.02. The van der Waals surface area contributed by atoms with Gasteiger partial charge in [0.2, 0.25) is 5.91 Å². The predicted octanol–water partition coefficient (Wildman–Crippen LogP) is 3.28. The normalized spacial score (nSPS) is 13.5. The van der Waals surface area contributed by atoms with Crippen molar-refractivity contribution < 1.29 is 9.59 Å². The van der Waals surface area contributed by atoms with E-state index in [0.717, 1.165) is 17.7 Å². The fraction of sp³-hybridized carbons (Fsp3) is 0.174. The molecule has 0 atom stereocenters. The summed E-state index contributed by atoms with van der Waals surface area (Å²) >= 11 is 0.